The predicted octanol–water partition coefficient (Wildman–Crippen LogP) is 3.37. The maximum atomic E-state index is 2.45. The molecule has 0 aromatic heterocycles. The molecule has 1 heterocycles. The molecule has 2 unspecified atom stereocenters. The van der Waals surface area contributed by atoms with Crippen LogP contribution in [0.2, 0.25) is 0 Å². The Kier molecular flexibility index (Phi) is 2.15. The first-order valence-electron chi connectivity index (χ1n) is 5.36. The standard InChI is InChI=1S/C13H19N/c1-8-6-7-9(2)13-11(4)14(5)10(3)12(8)13/h6-7,10-11H,1-5H3. The van der Waals surface area contributed by atoms with E-state index in [1.807, 2.05) is 0 Å². The normalized spacial score (nSPS) is 26.6. The second kappa shape index (κ2) is 3.09. The van der Waals surface area contributed by atoms with Crippen LogP contribution in [0.25, 0.3) is 0 Å². The molecule has 1 nitrogen and oxygen atoms in total. The summed E-state index contributed by atoms with van der Waals surface area (Å²) in [7, 11) is 2.22. The Labute approximate surface area is 86.7 Å². The third-order valence-electron chi connectivity index (χ3n) is 3.78. The highest BCUT2D eigenvalue weighted by Gasteiger charge is 2.32. The Morgan fingerprint density at radius 1 is 0.929 bits per heavy atom. The molecule has 2 rings (SSSR count). The average Bonchev–Trinajstić information content (AvgIpc) is 2.38. The van der Waals surface area contributed by atoms with Crippen molar-refractivity contribution in [3.8, 4) is 0 Å². The highest BCUT2D eigenvalue weighted by Crippen LogP contribution is 2.43. The van der Waals surface area contributed by atoms with Crippen molar-refractivity contribution in [1.82, 2.24) is 4.90 Å². The quantitative estimate of drug-likeness (QED) is 0.605. The van der Waals surface area contributed by atoms with Crippen molar-refractivity contribution < 1.29 is 0 Å². The molecule has 0 amide bonds. The number of nitrogens with zero attached hydrogens (tertiary/aromatic N) is 1. The predicted molar refractivity (Wildman–Crippen MR) is 60.5 cm³/mol. The van der Waals surface area contributed by atoms with Crippen LogP contribution in [-0.2, 0) is 0 Å². The van der Waals surface area contributed by atoms with Crippen molar-refractivity contribution in [3.05, 3.63) is 34.4 Å². The van der Waals surface area contributed by atoms with Gasteiger partial charge in [-0.3, -0.25) is 4.90 Å². The van der Waals surface area contributed by atoms with Crippen molar-refractivity contribution in [2.45, 2.75) is 39.8 Å². The SMILES string of the molecule is Cc1ccc(C)c2c1C(C)N(C)C2C. The molecule has 1 heteroatoms. The molecular formula is C13H19N. The van der Waals surface area contributed by atoms with Gasteiger partial charge >= 0.3 is 0 Å². The molecule has 1 aromatic rings. The molecule has 0 fully saturated rings. The van der Waals surface area contributed by atoms with Crippen LogP contribution in [-0.4, -0.2) is 11.9 Å². The second-order valence-corrected chi connectivity index (χ2v) is 4.54. The van der Waals surface area contributed by atoms with Gasteiger partial charge in [-0.1, -0.05) is 12.1 Å². The zero-order valence-corrected chi connectivity index (χ0v) is 9.76. The molecule has 0 spiro atoms. The molecule has 1 aliphatic heterocycles. The molecule has 76 valence electrons. The monoisotopic (exact) mass is 189 g/mol. The summed E-state index contributed by atoms with van der Waals surface area (Å²) in [5.41, 5.74) is 5.99. The first-order chi connectivity index (χ1) is 6.54. The van der Waals surface area contributed by atoms with Crippen LogP contribution < -0.4 is 0 Å². The third kappa shape index (κ3) is 1.12. The lowest BCUT2D eigenvalue weighted by molar-refractivity contribution is 0.232. The number of rotatable bonds is 0. The van der Waals surface area contributed by atoms with Gasteiger partial charge in [-0.2, -0.15) is 0 Å². The lowest BCUT2D eigenvalue weighted by atomic mass is 9.94. The van der Waals surface area contributed by atoms with E-state index < -0.39 is 0 Å². The summed E-state index contributed by atoms with van der Waals surface area (Å²) in [6, 6.07) is 5.63. The van der Waals surface area contributed by atoms with Crippen LogP contribution in [0.15, 0.2) is 12.1 Å². The molecule has 1 aromatic carbocycles. The average molecular weight is 189 g/mol. The highest BCUT2D eigenvalue weighted by atomic mass is 15.2. The zero-order chi connectivity index (χ0) is 10.5. The molecule has 0 saturated carbocycles. The van der Waals surface area contributed by atoms with Crippen molar-refractivity contribution >= 4 is 0 Å². The van der Waals surface area contributed by atoms with Gasteiger partial charge in [0.15, 0.2) is 0 Å². The minimum atomic E-state index is 0.569. The van der Waals surface area contributed by atoms with Crippen LogP contribution in [0.3, 0.4) is 0 Å². The van der Waals surface area contributed by atoms with E-state index in [0.717, 1.165) is 0 Å². The van der Waals surface area contributed by atoms with E-state index in [1.165, 1.54) is 11.1 Å². The Morgan fingerprint density at radius 3 is 1.64 bits per heavy atom. The fourth-order valence-corrected chi connectivity index (χ4v) is 2.71. The molecule has 0 radical (unpaired) electrons. The van der Waals surface area contributed by atoms with Crippen LogP contribution in [0.5, 0.6) is 0 Å². The van der Waals surface area contributed by atoms with E-state index in [4.69, 9.17) is 0 Å². The molecule has 2 atom stereocenters. The van der Waals surface area contributed by atoms with E-state index in [9.17, 15) is 0 Å². The smallest absolute Gasteiger partial charge is 0.0328 e. The minimum Gasteiger partial charge on any atom is -0.293 e. The number of hydrogen-bond acceptors (Lipinski definition) is 1. The van der Waals surface area contributed by atoms with Gasteiger partial charge in [0.05, 0.1) is 0 Å². The molecular weight excluding hydrogens is 170 g/mol. The summed E-state index contributed by atoms with van der Waals surface area (Å²) in [6.45, 7) is 9.05. The molecule has 0 bridgehead atoms. The van der Waals surface area contributed by atoms with Crippen molar-refractivity contribution in [3.63, 3.8) is 0 Å². The van der Waals surface area contributed by atoms with E-state index in [2.05, 4.69) is 51.8 Å². The largest absolute Gasteiger partial charge is 0.293 e. The summed E-state index contributed by atoms with van der Waals surface area (Å²) in [5.74, 6) is 0. The second-order valence-electron chi connectivity index (χ2n) is 4.54. The first kappa shape index (κ1) is 9.72. The Bertz CT molecular complexity index is 333. The van der Waals surface area contributed by atoms with Gasteiger partial charge in [0, 0.05) is 12.1 Å². The number of aryl methyl sites for hydroxylation is 2. The van der Waals surface area contributed by atoms with Crippen molar-refractivity contribution in [1.29, 1.82) is 0 Å². The number of fused-ring (bicyclic) bond motifs is 1. The molecule has 1 aliphatic rings. The van der Waals surface area contributed by atoms with Gasteiger partial charge in [-0.25, -0.2) is 0 Å². The maximum absolute atomic E-state index is 2.45. The van der Waals surface area contributed by atoms with Crippen LogP contribution in [0, 0.1) is 13.8 Å². The van der Waals surface area contributed by atoms with E-state index >= 15 is 0 Å². The third-order valence-corrected chi connectivity index (χ3v) is 3.78. The Hall–Kier alpha value is -0.820. The van der Waals surface area contributed by atoms with Gasteiger partial charge < -0.3 is 0 Å². The first-order valence-corrected chi connectivity index (χ1v) is 5.36. The number of benzene rings is 1. The molecule has 0 N–H and O–H groups in total. The lowest BCUT2D eigenvalue weighted by Gasteiger charge is -2.20. The minimum absolute atomic E-state index is 0.569. The number of hydrogen-bond donors (Lipinski definition) is 0. The fourth-order valence-electron chi connectivity index (χ4n) is 2.71. The van der Waals surface area contributed by atoms with Crippen LogP contribution >= 0.6 is 0 Å². The summed E-state index contributed by atoms with van der Waals surface area (Å²) in [4.78, 5) is 2.45. The van der Waals surface area contributed by atoms with E-state index in [1.54, 1.807) is 11.1 Å². The Morgan fingerprint density at radius 2 is 1.29 bits per heavy atom. The van der Waals surface area contributed by atoms with Crippen LogP contribution in [0.4, 0.5) is 0 Å². The lowest BCUT2D eigenvalue weighted by Crippen LogP contribution is -2.17. The summed E-state index contributed by atoms with van der Waals surface area (Å²) >= 11 is 0. The zero-order valence-electron chi connectivity index (χ0n) is 9.76. The summed E-state index contributed by atoms with van der Waals surface area (Å²) in [5, 5.41) is 0. The van der Waals surface area contributed by atoms with Crippen molar-refractivity contribution in [2.24, 2.45) is 0 Å². The van der Waals surface area contributed by atoms with Crippen LogP contribution in [0.1, 0.15) is 48.2 Å². The molecule has 0 aliphatic carbocycles. The maximum Gasteiger partial charge on any atom is 0.0328 e. The van der Waals surface area contributed by atoms with Crippen molar-refractivity contribution in [2.75, 3.05) is 7.05 Å². The van der Waals surface area contributed by atoms with E-state index in [-0.39, 0.29) is 0 Å². The highest BCUT2D eigenvalue weighted by molar-refractivity contribution is 5.46. The van der Waals surface area contributed by atoms with Gasteiger partial charge in [0.25, 0.3) is 0 Å². The summed E-state index contributed by atoms with van der Waals surface area (Å²) < 4.78 is 0. The van der Waals surface area contributed by atoms with Gasteiger partial charge in [-0.15, -0.1) is 0 Å². The topological polar surface area (TPSA) is 3.24 Å². The van der Waals surface area contributed by atoms with Gasteiger partial charge in [-0.05, 0) is 57.0 Å². The molecule has 14 heavy (non-hydrogen) atoms. The fraction of sp³-hybridized carbons (Fsp3) is 0.538. The Balaban J connectivity index is 2.67. The summed E-state index contributed by atoms with van der Waals surface area (Å²) in [6.07, 6.45) is 0. The van der Waals surface area contributed by atoms with Gasteiger partial charge in [0.2, 0.25) is 0 Å². The van der Waals surface area contributed by atoms with E-state index in [0.29, 0.717) is 12.1 Å². The molecule has 0 saturated heterocycles. The van der Waals surface area contributed by atoms with Gasteiger partial charge in [0.1, 0.15) is 0 Å².